The van der Waals surface area contributed by atoms with Crippen LogP contribution in [-0.4, -0.2) is 28.9 Å². The predicted molar refractivity (Wildman–Crippen MR) is 64.3 cm³/mol. The van der Waals surface area contributed by atoms with E-state index in [-0.39, 0.29) is 24.7 Å². The fraction of sp³-hybridized carbons (Fsp3) is 0.385. The molecule has 0 spiro atoms. The molecule has 0 saturated heterocycles. The number of carbonyl (C=O) groups is 2. The average molecular weight is 253 g/mol. The summed E-state index contributed by atoms with van der Waals surface area (Å²) in [6.45, 7) is 1.83. The Morgan fingerprint density at radius 1 is 1.44 bits per heavy atom. The van der Waals surface area contributed by atoms with E-state index in [1.54, 1.807) is 26.1 Å². The lowest BCUT2D eigenvalue weighted by Crippen LogP contribution is -2.32. The number of hydrogen-bond donors (Lipinski definition) is 1. The van der Waals surface area contributed by atoms with Gasteiger partial charge in [0.1, 0.15) is 5.82 Å². The fourth-order valence-electron chi connectivity index (χ4n) is 1.71. The molecular weight excluding hydrogens is 237 g/mol. The van der Waals surface area contributed by atoms with Gasteiger partial charge in [-0.1, -0.05) is 19.1 Å². The number of carboxylic acid groups (broad SMARTS) is 1. The smallest absolute Gasteiger partial charge is 0.304 e. The molecule has 1 unspecified atom stereocenters. The summed E-state index contributed by atoms with van der Waals surface area (Å²) in [5.41, 5.74) is 0.674. The normalized spacial score (nSPS) is 11.9. The number of aliphatic carboxylic acids is 1. The van der Waals surface area contributed by atoms with Crippen molar-refractivity contribution in [1.29, 1.82) is 0 Å². The Balaban J connectivity index is 2.62. The monoisotopic (exact) mass is 253 g/mol. The van der Waals surface area contributed by atoms with Crippen LogP contribution in [0.25, 0.3) is 0 Å². The number of halogens is 1. The number of nitrogens with zero attached hydrogens (tertiary/aromatic N) is 1. The molecule has 1 atom stereocenters. The minimum Gasteiger partial charge on any atom is -0.481 e. The van der Waals surface area contributed by atoms with Crippen molar-refractivity contribution >= 4 is 11.9 Å². The van der Waals surface area contributed by atoms with Crippen molar-refractivity contribution in [3.8, 4) is 0 Å². The molecule has 0 aliphatic rings. The van der Waals surface area contributed by atoms with Crippen LogP contribution in [-0.2, 0) is 16.1 Å². The van der Waals surface area contributed by atoms with Crippen molar-refractivity contribution in [3.63, 3.8) is 0 Å². The highest BCUT2D eigenvalue weighted by molar-refractivity contribution is 5.82. The van der Waals surface area contributed by atoms with Crippen LogP contribution in [0.15, 0.2) is 24.3 Å². The van der Waals surface area contributed by atoms with Crippen LogP contribution in [0.5, 0.6) is 0 Å². The van der Waals surface area contributed by atoms with E-state index in [2.05, 4.69) is 0 Å². The van der Waals surface area contributed by atoms with Gasteiger partial charge in [-0.3, -0.25) is 9.59 Å². The van der Waals surface area contributed by atoms with Gasteiger partial charge >= 0.3 is 5.97 Å². The molecule has 0 heterocycles. The molecule has 5 heteroatoms. The molecule has 0 fully saturated rings. The maximum atomic E-state index is 13.0. The van der Waals surface area contributed by atoms with Crippen molar-refractivity contribution in [2.45, 2.75) is 19.9 Å². The van der Waals surface area contributed by atoms with Crippen LogP contribution in [0.3, 0.4) is 0 Å². The molecule has 0 radical (unpaired) electrons. The summed E-state index contributed by atoms with van der Waals surface area (Å²) in [5.74, 6) is -2.20. The van der Waals surface area contributed by atoms with E-state index in [0.717, 1.165) is 0 Å². The molecule has 98 valence electrons. The van der Waals surface area contributed by atoms with E-state index in [1.165, 1.54) is 17.0 Å². The average Bonchev–Trinajstić information content (AvgIpc) is 2.27. The standard InChI is InChI=1S/C13H16FNO3/c1-9(6-12(16)17)13(18)15(2)8-10-4-3-5-11(14)7-10/h3-5,7,9H,6,8H2,1-2H3,(H,16,17). The zero-order chi connectivity index (χ0) is 13.7. The first-order chi connectivity index (χ1) is 8.40. The number of amides is 1. The first-order valence-corrected chi connectivity index (χ1v) is 5.61. The van der Waals surface area contributed by atoms with Gasteiger partial charge in [0.15, 0.2) is 0 Å². The summed E-state index contributed by atoms with van der Waals surface area (Å²) in [4.78, 5) is 23.8. The molecule has 1 N–H and O–H groups in total. The first-order valence-electron chi connectivity index (χ1n) is 5.61. The number of carboxylic acids is 1. The Morgan fingerprint density at radius 3 is 2.67 bits per heavy atom. The summed E-state index contributed by atoms with van der Waals surface area (Å²) in [6.07, 6.45) is -0.202. The molecular formula is C13H16FNO3. The summed E-state index contributed by atoms with van der Waals surface area (Å²) < 4.78 is 13.0. The molecule has 0 bridgehead atoms. The van der Waals surface area contributed by atoms with Crippen LogP contribution < -0.4 is 0 Å². The molecule has 1 rings (SSSR count). The van der Waals surface area contributed by atoms with E-state index in [9.17, 15) is 14.0 Å². The van der Waals surface area contributed by atoms with Crippen molar-refractivity contribution in [3.05, 3.63) is 35.6 Å². The lowest BCUT2D eigenvalue weighted by molar-refractivity contribution is -0.143. The van der Waals surface area contributed by atoms with Gasteiger partial charge in [-0.15, -0.1) is 0 Å². The van der Waals surface area contributed by atoms with E-state index in [0.29, 0.717) is 5.56 Å². The molecule has 4 nitrogen and oxygen atoms in total. The zero-order valence-electron chi connectivity index (χ0n) is 10.4. The Morgan fingerprint density at radius 2 is 2.11 bits per heavy atom. The number of benzene rings is 1. The largest absolute Gasteiger partial charge is 0.481 e. The van der Waals surface area contributed by atoms with E-state index >= 15 is 0 Å². The van der Waals surface area contributed by atoms with Gasteiger partial charge in [0.05, 0.1) is 6.42 Å². The van der Waals surface area contributed by atoms with Gasteiger partial charge in [-0.05, 0) is 17.7 Å². The molecule has 1 aromatic carbocycles. The highest BCUT2D eigenvalue weighted by Gasteiger charge is 2.20. The minimum absolute atomic E-state index is 0.202. The summed E-state index contributed by atoms with van der Waals surface area (Å²) in [5, 5.41) is 8.62. The van der Waals surface area contributed by atoms with Crippen molar-refractivity contribution in [2.75, 3.05) is 7.05 Å². The van der Waals surface area contributed by atoms with Gasteiger partial charge in [0.2, 0.25) is 5.91 Å². The van der Waals surface area contributed by atoms with Crippen LogP contribution in [0.2, 0.25) is 0 Å². The second-order valence-electron chi connectivity index (χ2n) is 4.32. The summed E-state index contributed by atoms with van der Waals surface area (Å²) in [7, 11) is 1.57. The van der Waals surface area contributed by atoms with E-state index in [1.807, 2.05) is 0 Å². The van der Waals surface area contributed by atoms with Gasteiger partial charge in [-0.25, -0.2) is 4.39 Å². The lowest BCUT2D eigenvalue weighted by atomic mass is 10.1. The second kappa shape index (κ2) is 6.14. The van der Waals surface area contributed by atoms with Crippen LogP contribution in [0.1, 0.15) is 18.9 Å². The topological polar surface area (TPSA) is 57.6 Å². The molecule has 0 aliphatic carbocycles. The van der Waals surface area contributed by atoms with E-state index in [4.69, 9.17) is 5.11 Å². The Kier molecular flexibility index (Phi) is 4.83. The minimum atomic E-state index is -1.00. The number of hydrogen-bond acceptors (Lipinski definition) is 2. The summed E-state index contributed by atoms with van der Waals surface area (Å²) >= 11 is 0. The maximum absolute atomic E-state index is 13.0. The number of carbonyl (C=O) groups excluding carboxylic acids is 1. The van der Waals surface area contributed by atoms with Gasteiger partial charge < -0.3 is 10.0 Å². The maximum Gasteiger partial charge on any atom is 0.304 e. The van der Waals surface area contributed by atoms with Crippen LogP contribution in [0, 0.1) is 11.7 Å². The van der Waals surface area contributed by atoms with Gasteiger partial charge in [0, 0.05) is 19.5 Å². The SMILES string of the molecule is CC(CC(=O)O)C(=O)N(C)Cc1cccc(F)c1. The second-order valence-corrected chi connectivity index (χ2v) is 4.32. The summed E-state index contributed by atoms with van der Waals surface area (Å²) in [6, 6.07) is 5.97. The quantitative estimate of drug-likeness (QED) is 0.871. The van der Waals surface area contributed by atoms with Gasteiger partial charge in [-0.2, -0.15) is 0 Å². The molecule has 18 heavy (non-hydrogen) atoms. The molecule has 1 amide bonds. The molecule has 0 saturated carbocycles. The first kappa shape index (κ1) is 14.2. The highest BCUT2D eigenvalue weighted by atomic mass is 19.1. The zero-order valence-corrected chi connectivity index (χ0v) is 10.4. The number of rotatable bonds is 5. The highest BCUT2D eigenvalue weighted by Crippen LogP contribution is 2.11. The fourth-order valence-corrected chi connectivity index (χ4v) is 1.71. The van der Waals surface area contributed by atoms with Gasteiger partial charge in [0.25, 0.3) is 0 Å². The van der Waals surface area contributed by atoms with Crippen molar-refractivity contribution < 1.29 is 19.1 Å². The third-order valence-corrected chi connectivity index (χ3v) is 2.59. The van der Waals surface area contributed by atoms with Crippen molar-refractivity contribution in [1.82, 2.24) is 4.90 Å². The molecule has 1 aromatic rings. The van der Waals surface area contributed by atoms with E-state index < -0.39 is 11.9 Å². The molecule has 0 aliphatic heterocycles. The van der Waals surface area contributed by atoms with Crippen molar-refractivity contribution in [2.24, 2.45) is 5.92 Å². The Bertz CT molecular complexity index is 448. The molecule has 0 aromatic heterocycles. The lowest BCUT2D eigenvalue weighted by Gasteiger charge is -2.20. The Hall–Kier alpha value is -1.91. The Labute approximate surface area is 105 Å². The van der Waals surface area contributed by atoms with Crippen LogP contribution >= 0.6 is 0 Å². The third-order valence-electron chi connectivity index (χ3n) is 2.59. The van der Waals surface area contributed by atoms with Crippen LogP contribution in [0.4, 0.5) is 4.39 Å². The third kappa shape index (κ3) is 4.16. The predicted octanol–water partition coefficient (Wildman–Crippen LogP) is 1.89.